The molecule has 0 rings (SSSR count). The van der Waals surface area contributed by atoms with E-state index in [-0.39, 0.29) is 39.3 Å². The van der Waals surface area contributed by atoms with Gasteiger partial charge in [-0.2, -0.15) is 0 Å². The molecular weight excluding hydrogens is 91.0 g/mol. The van der Waals surface area contributed by atoms with E-state index in [1.807, 2.05) is 0 Å². The first kappa shape index (κ1) is 207. The maximum absolute atomic E-state index is 0. The standard InChI is InChI=1S/3CH3.Mn/h3*1H3;/q3*-1;+3. The molecule has 0 amide bonds. The van der Waals surface area contributed by atoms with Crippen LogP contribution in [0.4, 0.5) is 0 Å². The van der Waals surface area contributed by atoms with Crippen molar-refractivity contribution in [2.45, 2.75) is 0 Å². The van der Waals surface area contributed by atoms with Gasteiger partial charge >= 0.3 is 17.1 Å². The van der Waals surface area contributed by atoms with Crippen molar-refractivity contribution < 1.29 is 17.1 Å². The molecule has 0 atom stereocenters. The van der Waals surface area contributed by atoms with Gasteiger partial charge in [0.2, 0.25) is 0 Å². The van der Waals surface area contributed by atoms with Crippen LogP contribution in [-0.4, -0.2) is 0 Å². The average Bonchev–Trinajstić information content (AvgIpc) is 0. The molecule has 0 N–H and O–H groups in total. The molecule has 0 aromatic carbocycles. The van der Waals surface area contributed by atoms with Gasteiger partial charge < -0.3 is 22.3 Å². The fourth-order valence-corrected chi connectivity index (χ4v) is 0. The van der Waals surface area contributed by atoms with Crippen molar-refractivity contribution in [1.82, 2.24) is 0 Å². The Hall–Kier alpha value is 0.519. The van der Waals surface area contributed by atoms with Crippen LogP contribution < -0.4 is 0 Å². The Morgan fingerprint density at radius 3 is 0.500 bits per heavy atom. The predicted molar refractivity (Wildman–Crippen MR) is 19.2 cm³/mol. The van der Waals surface area contributed by atoms with Crippen molar-refractivity contribution in [3.63, 3.8) is 0 Å². The van der Waals surface area contributed by atoms with Crippen molar-refractivity contribution in [3.05, 3.63) is 22.3 Å². The molecule has 0 aliphatic heterocycles. The van der Waals surface area contributed by atoms with Crippen LogP contribution in [0.25, 0.3) is 0 Å². The Morgan fingerprint density at radius 1 is 0.500 bits per heavy atom. The van der Waals surface area contributed by atoms with E-state index in [9.17, 15) is 0 Å². The average molecular weight is 100 g/mol. The molecule has 0 saturated heterocycles. The zero-order valence-corrected chi connectivity index (χ0v) is 4.56. The summed E-state index contributed by atoms with van der Waals surface area (Å²) >= 11 is 0. The Kier molecular flexibility index (Phi) is 4290. The van der Waals surface area contributed by atoms with Gasteiger partial charge in [-0.05, 0) is 0 Å². The summed E-state index contributed by atoms with van der Waals surface area (Å²) in [5.74, 6) is 0. The fourth-order valence-electron chi connectivity index (χ4n) is 0. The molecule has 0 fully saturated rings. The molecular formula is C3H9Mn. The van der Waals surface area contributed by atoms with Gasteiger partial charge in [-0.3, -0.25) is 0 Å². The van der Waals surface area contributed by atoms with E-state index in [0.717, 1.165) is 0 Å². The van der Waals surface area contributed by atoms with Crippen molar-refractivity contribution in [2.75, 3.05) is 0 Å². The summed E-state index contributed by atoms with van der Waals surface area (Å²) in [6.07, 6.45) is 0. The molecule has 28 valence electrons. The van der Waals surface area contributed by atoms with E-state index in [1.165, 1.54) is 0 Å². The van der Waals surface area contributed by atoms with E-state index in [2.05, 4.69) is 0 Å². The van der Waals surface area contributed by atoms with Gasteiger partial charge in [-0.15, -0.1) is 0 Å². The first-order chi connectivity index (χ1) is 0. The Bertz CT molecular complexity index is 3.25. The van der Waals surface area contributed by atoms with E-state index in [4.69, 9.17) is 0 Å². The predicted octanol–water partition coefficient (Wildman–Crippen LogP) is 1.35. The largest absolute Gasteiger partial charge is 3.00 e. The molecule has 1 heteroatoms. The number of hydrogen-bond donors (Lipinski definition) is 0. The minimum absolute atomic E-state index is 0. The van der Waals surface area contributed by atoms with Crippen LogP contribution in [0.1, 0.15) is 0 Å². The Balaban J connectivity index is 0. The first-order valence-corrected chi connectivity index (χ1v) is 0. The minimum atomic E-state index is 0. The summed E-state index contributed by atoms with van der Waals surface area (Å²) in [5, 5.41) is 0. The molecule has 0 aromatic rings. The topological polar surface area (TPSA) is 0 Å². The van der Waals surface area contributed by atoms with E-state index in [1.54, 1.807) is 0 Å². The summed E-state index contributed by atoms with van der Waals surface area (Å²) in [5.41, 5.74) is 0. The van der Waals surface area contributed by atoms with E-state index < -0.39 is 0 Å². The number of rotatable bonds is 0. The van der Waals surface area contributed by atoms with Gasteiger partial charge in [0.15, 0.2) is 0 Å². The van der Waals surface area contributed by atoms with Crippen molar-refractivity contribution in [1.29, 1.82) is 0 Å². The van der Waals surface area contributed by atoms with Crippen LogP contribution in [-0.2, 0) is 17.1 Å². The zero-order valence-electron chi connectivity index (χ0n) is 3.38. The second-order valence-electron chi connectivity index (χ2n) is 0. The van der Waals surface area contributed by atoms with Crippen LogP contribution in [0.5, 0.6) is 0 Å². The summed E-state index contributed by atoms with van der Waals surface area (Å²) < 4.78 is 0. The summed E-state index contributed by atoms with van der Waals surface area (Å²) in [4.78, 5) is 0. The third-order valence-electron chi connectivity index (χ3n) is 0. The summed E-state index contributed by atoms with van der Waals surface area (Å²) in [6.45, 7) is 0. The fraction of sp³-hybridized carbons (Fsp3) is 0. The van der Waals surface area contributed by atoms with Gasteiger partial charge in [0.1, 0.15) is 0 Å². The Labute approximate surface area is 40.1 Å². The smallest absolute Gasteiger partial charge is 0.358 e. The second-order valence-corrected chi connectivity index (χ2v) is 0. The minimum Gasteiger partial charge on any atom is -0.358 e. The molecule has 0 radical (unpaired) electrons. The van der Waals surface area contributed by atoms with Gasteiger partial charge in [0, 0.05) is 0 Å². The van der Waals surface area contributed by atoms with Gasteiger partial charge in [0.05, 0.1) is 0 Å². The molecule has 0 nitrogen and oxygen atoms in total. The van der Waals surface area contributed by atoms with Crippen molar-refractivity contribution >= 4 is 0 Å². The zero-order chi connectivity index (χ0) is 0. The van der Waals surface area contributed by atoms with Crippen LogP contribution in [0.3, 0.4) is 0 Å². The molecule has 4 heavy (non-hydrogen) atoms. The summed E-state index contributed by atoms with van der Waals surface area (Å²) in [7, 11) is 0. The van der Waals surface area contributed by atoms with Crippen LogP contribution in [0, 0.1) is 22.3 Å². The second kappa shape index (κ2) is 82.8. The van der Waals surface area contributed by atoms with Crippen LogP contribution in [0.2, 0.25) is 0 Å². The van der Waals surface area contributed by atoms with Crippen molar-refractivity contribution in [3.8, 4) is 0 Å². The maximum atomic E-state index is 0. The SMILES string of the molecule is [CH3-].[CH3-].[CH3-].[Mn+3]. The molecule has 0 unspecified atom stereocenters. The van der Waals surface area contributed by atoms with Gasteiger partial charge in [0.25, 0.3) is 0 Å². The molecule has 0 bridgehead atoms. The molecule has 0 aliphatic rings. The van der Waals surface area contributed by atoms with Crippen molar-refractivity contribution in [2.24, 2.45) is 0 Å². The first-order valence-electron chi connectivity index (χ1n) is 0. The van der Waals surface area contributed by atoms with Gasteiger partial charge in [-0.25, -0.2) is 0 Å². The molecule has 0 heterocycles. The van der Waals surface area contributed by atoms with Gasteiger partial charge in [-0.1, -0.05) is 0 Å². The van der Waals surface area contributed by atoms with Crippen LogP contribution in [0.15, 0.2) is 0 Å². The molecule has 0 spiro atoms. The van der Waals surface area contributed by atoms with E-state index >= 15 is 0 Å². The monoisotopic (exact) mass is 100 g/mol. The third kappa shape index (κ3) is 21.6. The quantitative estimate of drug-likeness (QED) is 0.318. The molecule has 0 saturated carbocycles. The normalized spacial score (nSPS) is 0. The maximum Gasteiger partial charge on any atom is 3.00 e. The molecule has 0 aromatic heterocycles. The molecule has 0 aliphatic carbocycles. The summed E-state index contributed by atoms with van der Waals surface area (Å²) in [6, 6.07) is 0. The number of hydrogen-bond acceptors (Lipinski definition) is 0. The Morgan fingerprint density at radius 2 is 0.500 bits per heavy atom. The van der Waals surface area contributed by atoms with E-state index in [0.29, 0.717) is 0 Å². The third-order valence-corrected chi connectivity index (χ3v) is 0. The van der Waals surface area contributed by atoms with Crippen LogP contribution >= 0.6 is 0 Å².